The molecule has 0 amide bonds. The first-order valence-electron chi connectivity index (χ1n) is 7.45. The Morgan fingerprint density at radius 1 is 1.33 bits per heavy atom. The lowest BCUT2D eigenvalue weighted by Crippen LogP contribution is -2.42. The molecule has 1 aromatic rings. The number of benzene rings is 1. The number of aliphatic carboxylic acids is 1. The zero-order valence-electron chi connectivity index (χ0n) is 11.8. The van der Waals surface area contributed by atoms with Crippen molar-refractivity contribution in [3.05, 3.63) is 34.6 Å². The van der Waals surface area contributed by atoms with E-state index in [1.807, 2.05) is 0 Å². The van der Waals surface area contributed by atoms with Gasteiger partial charge in [0.25, 0.3) is 0 Å². The Hall–Kier alpha value is -1.13. The number of fused-ring (bicyclic) bond motifs is 2. The van der Waals surface area contributed by atoms with Crippen molar-refractivity contribution < 1.29 is 14.3 Å². The first-order valence-corrected chi connectivity index (χ1v) is 7.83. The number of hydrogen-bond acceptors (Lipinski definition) is 2. The van der Waals surface area contributed by atoms with Crippen molar-refractivity contribution in [1.82, 2.24) is 4.90 Å². The van der Waals surface area contributed by atoms with E-state index in [9.17, 15) is 9.18 Å². The van der Waals surface area contributed by atoms with E-state index in [1.165, 1.54) is 6.07 Å². The number of carboxylic acid groups (broad SMARTS) is 1. The minimum absolute atomic E-state index is 0.251. The van der Waals surface area contributed by atoms with Crippen LogP contribution < -0.4 is 0 Å². The van der Waals surface area contributed by atoms with Gasteiger partial charge in [-0.25, -0.2) is 4.39 Å². The third kappa shape index (κ3) is 3.06. The van der Waals surface area contributed by atoms with Gasteiger partial charge in [-0.15, -0.1) is 0 Å². The molecule has 1 aromatic carbocycles. The molecular formula is C16H19ClFNO2. The Labute approximate surface area is 128 Å². The molecular weight excluding hydrogens is 293 g/mol. The van der Waals surface area contributed by atoms with E-state index < -0.39 is 5.97 Å². The molecule has 1 N–H and O–H groups in total. The molecule has 114 valence electrons. The van der Waals surface area contributed by atoms with E-state index in [-0.39, 0.29) is 18.2 Å². The first kappa shape index (κ1) is 14.8. The molecule has 2 atom stereocenters. The predicted octanol–water partition coefficient (Wildman–Crippen LogP) is 3.70. The molecule has 0 aromatic heterocycles. The van der Waals surface area contributed by atoms with Gasteiger partial charge in [-0.05, 0) is 43.7 Å². The van der Waals surface area contributed by atoms with Crippen LogP contribution in [0.4, 0.5) is 4.39 Å². The van der Waals surface area contributed by atoms with E-state index in [2.05, 4.69) is 4.90 Å². The SMILES string of the molecule is O=C(O)CC1CC2CCC(C1)N2Cc1c(F)cccc1Cl. The van der Waals surface area contributed by atoms with Crippen LogP contribution in [0.5, 0.6) is 0 Å². The molecule has 0 radical (unpaired) electrons. The molecule has 2 aliphatic rings. The van der Waals surface area contributed by atoms with Gasteiger partial charge >= 0.3 is 5.97 Å². The van der Waals surface area contributed by atoms with Crippen LogP contribution in [0.3, 0.4) is 0 Å². The summed E-state index contributed by atoms with van der Waals surface area (Å²) >= 11 is 6.12. The lowest BCUT2D eigenvalue weighted by molar-refractivity contribution is -0.138. The molecule has 5 heteroatoms. The number of halogens is 2. The number of carboxylic acids is 1. The Balaban J connectivity index is 1.72. The van der Waals surface area contributed by atoms with E-state index in [1.54, 1.807) is 12.1 Å². The van der Waals surface area contributed by atoms with Crippen molar-refractivity contribution in [2.24, 2.45) is 5.92 Å². The fraction of sp³-hybridized carbons (Fsp3) is 0.562. The molecule has 0 saturated carbocycles. The van der Waals surface area contributed by atoms with Crippen LogP contribution in [0.1, 0.15) is 37.7 Å². The fourth-order valence-corrected chi connectivity index (χ4v) is 4.15. The zero-order chi connectivity index (χ0) is 15.0. The van der Waals surface area contributed by atoms with Crippen molar-refractivity contribution in [2.75, 3.05) is 0 Å². The first-order chi connectivity index (χ1) is 10.0. The second-order valence-corrected chi connectivity index (χ2v) is 6.60. The van der Waals surface area contributed by atoms with Gasteiger partial charge in [0.1, 0.15) is 5.82 Å². The van der Waals surface area contributed by atoms with Crippen LogP contribution in [-0.2, 0) is 11.3 Å². The summed E-state index contributed by atoms with van der Waals surface area (Å²) in [6.45, 7) is 0.528. The molecule has 2 fully saturated rings. The monoisotopic (exact) mass is 311 g/mol. The molecule has 2 bridgehead atoms. The summed E-state index contributed by atoms with van der Waals surface area (Å²) < 4.78 is 13.9. The molecule has 3 nitrogen and oxygen atoms in total. The van der Waals surface area contributed by atoms with Gasteiger partial charge < -0.3 is 5.11 Å². The number of carbonyl (C=O) groups is 1. The Morgan fingerprint density at radius 2 is 2.00 bits per heavy atom. The van der Waals surface area contributed by atoms with Gasteiger partial charge in [-0.1, -0.05) is 17.7 Å². The van der Waals surface area contributed by atoms with E-state index in [0.29, 0.717) is 29.2 Å². The van der Waals surface area contributed by atoms with Gasteiger partial charge in [-0.2, -0.15) is 0 Å². The number of rotatable bonds is 4. The fourth-order valence-electron chi connectivity index (χ4n) is 3.92. The van der Waals surface area contributed by atoms with Crippen molar-refractivity contribution >= 4 is 17.6 Å². The zero-order valence-corrected chi connectivity index (χ0v) is 12.5. The van der Waals surface area contributed by atoms with Gasteiger partial charge in [0.05, 0.1) is 0 Å². The number of hydrogen-bond donors (Lipinski definition) is 1. The average molecular weight is 312 g/mol. The van der Waals surface area contributed by atoms with Crippen LogP contribution in [0, 0.1) is 11.7 Å². The van der Waals surface area contributed by atoms with Crippen molar-refractivity contribution in [3.63, 3.8) is 0 Å². The van der Waals surface area contributed by atoms with E-state index in [0.717, 1.165) is 25.7 Å². The van der Waals surface area contributed by atoms with Gasteiger partial charge in [-0.3, -0.25) is 9.69 Å². The summed E-state index contributed by atoms with van der Waals surface area (Å²) in [6, 6.07) is 5.52. The topological polar surface area (TPSA) is 40.5 Å². The summed E-state index contributed by atoms with van der Waals surface area (Å²) in [7, 11) is 0. The van der Waals surface area contributed by atoms with Crippen LogP contribution in [0.15, 0.2) is 18.2 Å². The largest absolute Gasteiger partial charge is 0.481 e. The average Bonchev–Trinajstić information content (AvgIpc) is 2.64. The molecule has 21 heavy (non-hydrogen) atoms. The van der Waals surface area contributed by atoms with E-state index in [4.69, 9.17) is 16.7 Å². The van der Waals surface area contributed by atoms with Gasteiger partial charge in [0.2, 0.25) is 0 Å². The summed E-state index contributed by atoms with van der Waals surface area (Å²) in [4.78, 5) is 13.2. The highest BCUT2D eigenvalue weighted by molar-refractivity contribution is 6.31. The summed E-state index contributed by atoms with van der Waals surface area (Å²) in [6.07, 6.45) is 4.20. The number of nitrogens with zero attached hydrogens (tertiary/aromatic N) is 1. The molecule has 0 spiro atoms. The third-order valence-electron chi connectivity index (χ3n) is 4.85. The van der Waals surface area contributed by atoms with Gasteiger partial charge in [0.15, 0.2) is 0 Å². The van der Waals surface area contributed by atoms with Crippen molar-refractivity contribution in [2.45, 2.75) is 50.7 Å². The van der Waals surface area contributed by atoms with Crippen LogP contribution in [0.2, 0.25) is 5.02 Å². The molecule has 3 rings (SSSR count). The maximum Gasteiger partial charge on any atom is 0.303 e. The van der Waals surface area contributed by atoms with Crippen LogP contribution in [0.25, 0.3) is 0 Å². The van der Waals surface area contributed by atoms with Crippen LogP contribution in [-0.4, -0.2) is 28.1 Å². The summed E-state index contributed by atoms with van der Waals surface area (Å²) in [5.41, 5.74) is 0.563. The molecule has 2 aliphatic heterocycles. The maximum atomic E-state index is 13.9. The highest BCUT2D eigenvalue weighted by atomic mass is 35.5. The molecule has 2 heterocycles. The minimum Gasteiger partial charge on any atom is -0.481 e. The predicted molar refractivity (Wildman–Crippen MR) is 78.7 cm³/mol. The Morgan fingerprint density at radius 3 is 2.57 bits per heavy atom. The smallest absolute Gasteiger partial charge is 0.303 e. The second kappa shape index (κ2) is 5.93. The highest BCUT2D eigenvalue weighted by Gasteiger charge is 2.41. The third-order valence-corrected chi connectivity index (χ3v) is 5.20. The number of piperidine rings is 1. The highest BCUT2D eigenvalue weighted by Crippen LogP contribution is 2.41. The maximum absolute atomic E-state index is 13.9. The van der Waals surface area contributed by atoms with Gasteiger partial charge in [0, 0.05) is 35.6 Å². The summed E-state index contributed by atoms with van der Waals surface area (Å²) in [5.74, 6) is -0.716. The minimum atomic E-state index is -0.718. The van der Waals surface area contributed by atoms with E-state index >= 15 is 0 Å². The normalized spacial score (nSPS) is 28.8. The Bertz CT molecular complexity index is 517. The summed E-state index contributed by atoms with van der Waals surface area (Å²) in [5, 5.41) is 9.43. The van der Waals surface area contributed by atoms with Crippen molar-refractivity contribution in [1.29, 1.82) is 0 Å². The second-order valence-electron chi connectivity index (χ2n) is 6.19. The standard InChI is InChI=1S/C16H19ClFNO2/c17-14-2-1-3-15(18)13(14)9-19-11-4-5-12(19)7-10(6-11)8-16(20)21/h1-3,10-12H,4-9H2,(H,20,21). The molecule has 2 saturated heterocycles. The molecule has 2 unspecified atom stereocenters. The lowest BCUT2D eigenvalue weighted by Gasteiger charge is -2.38. The van der Waals surface area contributed by atoms with Crippen LogP contribution >= 0.6 is 11.6 Å². The quantitative estimate of drug-likeness (QED) is 0.922. The lowest BCUT2D eigenvalue weighted by atomic mass is 9.88. The Kier molecular flexibility index (Phi) is 4.18. The molecule has 0 aliphatic carbocycles. The van der Waals surface area contributed by atoms with Crippen molar-refractivity contribution in [3.8, 4) is 0 Å².